The lowest BCUT2D eigenvalue weighted by molar-refractivity contribution is -0.119. The molecule has 5 N–H and O–H groups in total. The Morgan fingerprint density at radius 2 is 2.06 bits per heavy atom. The zero-order valence-electron chi connectivity index (χ0n) is 8.92. The lowest BCUT2D eigenvalue weighted by atomic mass is 10.2. The summed E-state index contributed by atoms with van der Waals surface area (Å²) in [6.45, 7) is -0.228. The van der Waals surface area contributed by atoms with Gasteiger partial charge in [-0.25, -0.2) is 10.2 Å². The van der Waals surface area contributed by atoms with E-state index in [0.717, 1.165) is 0 Å². The summed E-state index contributed by atoms with van der Waals surface area (Å²) in [6.07, 6.45) is 1.35. The van der Waals surface area contributed by atoms with Gasteiger partial charge in [0.05, 0.1) is 6.21 Å². The second-order valence-electron chi connectivity index (χ2n) is 3.03. The van der Waals surface area contributed by atoms with Crippen LogP contribution in [0.15, 0.2) is 29.4 Å². The van der Waals surface area contributed by atoms with E-state index in [0.29, 0.717) is 11.3 Å². The average Bonchev–Trinajstić information content (AvgIpc) is 2.27. The third-order valence-corrected chi connectivity index (χ3v) is 1.67. The van der Waals surface area contributed by atoms with Crippen LogP contribution in [-0.4, -0.2) is 24.8 Å². The predicted molar refractivity (Wildman–Crippen MR) is 61.4 cm³/mol. The number of urea groups is 1. The lowest BCUT2D eigenvalue weighted by Gasteiger charge is -2.06. The van der Waals surface area contributed by atoms with Gasteiger partial charge in [0, 0.05) is 5.56 Å². The molecular formula is C10H12N4O3. The molecule has 17 heavy (non-hydrogen) atoms. The van der Waals surface area contributed by atoms with E-state index in [1.165, 1.54) is 6.21 Å². The highest BCUT2D eigenvalue weighted by molar-refractivity contribution is 5.85. The zero-order valence-corrected chi connectivity index (χ0v) is 8.92. The molecule has 0 unspecified atom stereocenters. The number of carbonyl (C=O) groups is 2. The maximum absolute atomic E-state index is 10.6. The largest absolute Gasteiger partial charge is 0.483 e. The number of hydrogen-bond donors (Lipinski definition) is 3. The fourth-order valence-corrected chi connectivity index (χ4v) is 1.03. The van der Waals surface area contributed by atoms with Crippen molar-refractivity contribution in [2.24, 2.45) is 16.6 Å². The van der Waals surface area contributed by atoms with Crippen molar-refractivity contribution in [3.8, 4) is 5.75 Å². The highest BCUT2D eigenvalue weighted by Crippen LogP contribution is 2.15. The predicted octanol–water partition coefficient (Wildman–Crippen LogP) is -0.447. The van der Waals surface area contributed by atoms with Gasteiger partial charge in [0.1, 0.15) is 5.75 Å². The number of hydrazone groups is 1. The quantitative estimate of drug-likeness (QED) is 0.474. The molecule has 0 fully saturated rings. The Hall–Kier alpha value is -2.57. The van der Waals surface area contributed by atoms with Crippen LogP contribution in [-0.2, 0) is 4.79 Å². The van der Waals surface area contributed by atoms with Crippen LogP contribution < -0.4 is 21.6 Å². The molecule has 0 saturated heterocycles. The number of benzene rings is 1. The molecule has 3 amide bonds. The van der Waals surface area contributed by atoms with Crippen LogP contribution in [0.5, 0.6) is 5.75 Å². The van der Waals surface area contributed by atoms with Crippen LogP contribution in [0.2, 0.25) is 0 Å². The molecule has 0 aliphatic rings. The monoisotopic (exact) mass is 236 g/mol. The Balaban J connectivity index is 2.73. The van der Waals surface area contributed by atoms with E-state index < -0.39 is 11.9 Å². The zero-order chi connectivity index (χ0) is 12.7. The van der Waals surface area contributed by atoms with E-state index in [1.54, 1.807) is 24.3 Å². The van der Waals surface area contributed by atoms with Gasteiger partial charge in [0.25, 0.3) is 5.91 Å². The Morgan fingerprint density at radius 1 is 1.35 bits per heavy atom. The van der Waals surface area contributed by atoms with Crippen molar-refractivity contribution in [1.29, 1.82) is 0 Å². The number of hydrogen-bond acceptors (Lipinski definition) is 4. The van der Waals surface area contributed by atoms with E-state index in [1.807, 2.05) is 5.43 Å². The number of para-hydroxylation sites is 1. The molecule has 0 heterocycles. The first-order valence-corrected chi connectivity index (χ1v) is 4.68. The molecule has 0 radical (unpaired) electrons. The first-order valence-electron chi connectivity index (χ1n) is 4.68. The maximum atomic E-state index is 10.6. The summed E-state index contributed by atoms with van der Waals surface area (Å²) >= 11 is 0. The summed E-state index contributed by atoms with van der Waals surface area (Å²) in [5, 5.41) is 3.58. The third-order valence-electron chi connectivity index (χ3n) is 1.67. The van der Waals surface area contributed by atoms with Gasteiger partial charge in [-0.2, -0.15) is 5.10 Å². The highest BCUT2D eigenvalue weighted by Gasteiger charge is 2.02. The Bertz CT molecular complexity index is 445. The smallest absolute Gasteiger partial charge is 0.332 e. The molecule has 0 saturated carbocycles. The molecule has 0 aliphatic heterocycles. The molecule has 0 aromatic heterocycles. The van der Waals surface area contributed by atoms with Crippen LogP contribution in [0.1, 0.15) is 5.56 Å². The second-order valence-corrected chi connectivity index (χ2v) is 3.03. The van der Waals surface area contributed by atoms with E-state index in [9.17, 15) is 9.59 Å². The summed E-state index contributed by atoms with van der Waals surface area (Å²) in [4.78, 5) is 21.0. The first-order chi connectivity index (χ1) is 8.09. The van der Waals surface area contributed by atoms with Crippen molar-refractivity contribution in [2.75, 3.05) is 6.61 Å². The number of nitrogens with two attached hydrogens (primary N) is 2. The van der Waals surface area contributed by atoms with E-state index in [-0.39, 0.29) is 6.61 Å². The van der Waals surface area contributed by atoms with Gasteiger partial charge in [-0.3, -0.25) is 4.79 Å². The molecule has 1 rings (SSSR count). The van der Waals surface area contributed by atoms with Gasteiger partial charge in [-0.15, -0.1) is 0 Å². The van der Waals surface area contributed by atoms with Crippen molar-refractivity contribution < 1.29 is 14.3 Å². The van der Waals surface area contributed by atoms with Crippen LogP contribution >= 0.6 is 0 Å². The number of carbonyl (C=O) groups excluding carboxylic acids is 2. The van der Waals surface area contributed by atoms with Crippen LogP contribution in [0.4, 0.5) is 4.79 Å². The lowest BCUT2D eigenvalue weighted by Crippen LogP contribution is -2.24. The minimum Gasteiger partial charge on any atom is -0.483 e. The number of nitrogens with one attached hydrogen (secondary N) is 1. The molecule has 0 spiro atoms. The molecule has 7 heteroatoms. The topological polar surface area (TPSA) is 120 Å². The Kier molecular flexibility index (Phi) is 4.49. The normalized spacial score (nSPS) is 10.1. The standard InChI is InChI=1S/C10H12N4O3/c11-9(15)6-17-8-4-2-1-3-7(8)5-13-14-10(12)16/h1-5H,6H2,(H2,11,15)(H3,12,14,16)/b13-5+. The number of rotatable bonds is 5. The fourth-order valence-electron chi connectivity index (χ4n) is 1.03. The van der Waals surface area contributed by atoms with E-state index in [2.05, 4.69) is 5.10 Å². The molecule has 90 valence electrons. The number of primary amides is 2. The fraction of sp³-hybridized carbons (Fsp3) is 0.100. The molecule has 1 aromatic carbocycles. The Labute approximate surface area is 97.4 Å². The van der Waals surface area contributed by atoms with Crippen LogP contribution in [0, 0.1) is 0 Å². The van der Waals surface area contributed by atoms with E-state index >= 15 is 0 Å². The molecular weight excluding hydrogens is 224 g/mol. The minimum atomic E-state index is -0.767. The molecule has 0 aliphatic carbocycles. The summed E-state index contributed by atoms with van der Waals surface area (Å²) in [7, 11) is 0. The minimum absolute atomic E-state index is 0.228. The van der Waals surface area contributed by atoms with Gasteiger partial charge in [-0.1, -0.05) is 12.1 Å². The number of ether oxygens (including phenoxy) is 1. The van der Waals surface area contributed by atoms with Gasteiger partial charge in [0.15, 0.2) is 6.61 Å². The van der Waals surface area contributed by atoms with Crippen molar-refractivity contribution in [3.63, 3.8) is 0 Å². The second kappa shape index (κ2) is 6.11. The van der Waals surface area contributed by atoms with Crippen LogP contribution in [0.25, 0.3) is 0 Å². The maximum Gasteiger partial charge on any atom is 0.332 e. The number of amides is 3. The van der Waals surface area contributed by atoms with Crippen molar-refractivity contribution in [1.82, 2.24) is 5.43 Å². The summed E-state index contributed by atoms with van der Waals surface area (Å²) < 4.78 is 5.15. The van der Waals surface area contributed by atoms with Gasteiger partial charge < -0.3 is 16.2 Å². The molecule has 0 bridgehead atoms. The van der Waals surface area contributed by atoms with Gasteiger partial charge in [-0.05, 0) is 12.1 Å². The molecule has 7 nitrogen and oxygen atoms in total. The van der Waals surface area contributed by atoms with Crippen molar-refractivity contribution >= 4 is 18.2 Å². The Morgan fingerprint density at radius 3 is 2.71 bits per heavy atom. The molecule has 1 aromatic rings. The third kappa shape index (κ3) is 4.65. The summed E-state index contributed by atoms with van der Waals surface area (Å²) in [5.74, 6) is -0.145. The first kappa shape index (κ1) is 12.5. The average molecular weight is 236 g/mol. The van der Waals surface area contributed by atoms with Gasteiger partial charge in [0.2, 0.25) is 0 Å². The van der Waals surface area contributed by atoms with E-state index in [4.69, 9.17) is 16.2 Å². The SMILES string of the molecule is NC(=O)COc1ccccc1/C=N/NC(N)=O. The van der Waals surface area contributed by atoms with Crippen molar-refractivity contribution in [2.45, 2.75) is 0 Å². The highest BCUT2D eigenvalue weighted by atomic mass is 16.5. The summed E-state index contributed by atoms with van der Waals surface area (Å²) in [5.41, 5.74) is 12.4. The van der Waals surface area contributed by atoms with Crippen LogP contribution in [0.3, 0.4) is 0 Å². The summed E-state index contributed by atoms with van der Waals surface area (Å²) in [6, 6.07) is 6.06. The van der Waals surface area contributed by atoms with Gasteiger partial charge >= 0.3 is 6.03 Å². The molecule has 0 atom stereocenters. The number of nitrogens with zero attached hydrogens (tertiary/aromatic N) is 1. The van der Waals surface area contributed by atoms with Crippen molar-refractivity contribution in [3.05, 3.63) is 29.8 Å².